The van der Waals surface area contributed by atoms with Crippen molar-refractivity contribution in [1.29, 1.82) is 5.26 Å². The third kappa shape index (κ3) is 2.12. The van der Waals surface area contributed by atoms with Gasteiger partial charge in [-0.3, -0.25) is 9.79 Å². The van der Waals surface area contributed by atoms with Crippen LogP contribution in [0, 0.1) is 24.2 Å². The van der Waals surface area contributed by atoms with Crippen LogP contribution in [0.15, 0.2) is 23.2 Å². The van der Waals surface area contributed by atoms with Crippen molar-refractivity contribution in [3.63, 3.8) is 0 Å². The topological polar surface area (TPSA) is 65.2 Å². The normalized spacial score (nSPS) is 22.1. The maximum atomic E-state index is 12.1. The van der Waals surface area contributed by atoms with E-state index in [1.807, 2.05) is 39.8 Å². The fraction of sp³-hybridized carbons (Fsp3) is 0.400. The molecule has 98 valence electrons. The van der Waals surface area contributed by atoms with Crippen LogP contribution >= 0.6 is 0 Å². The Balaban J connectivity index is 2.53. The summed E-state index contributed by atoms with van der Waals surface area (Å²) in [7, 11) is 0. The van der Waals surface area contributed by atoms with Crippen molar-refractivity contribution in [2.24, 2.45) is 10.9 Å². The molecule has 2 rings (SSSR count). The van der Waals surface area contributed by atoms with Crippen LogP contribution in [-0.2, 0) is 4.79 Å². The minimum atomic E-state index is -0.758. The second-order valence-corrected chi connectivity index (χ2v) is 5.38. The van der Waals surface area contributed by atoms with Gasteiger partial charge in [-0.2, -0.15) is 5.26 Å². The van der Waals surface area contributed by atoms with Gasteiger partial charge in [-0.1, -0.05) is 25.5 Å². The fourth-order valence-electron chi connectivity index (χ4n) is 2.02. The number of amidine groups is 1. The summed E-state index contributed by atoms with van der Waals surface area (Å²) in [5.74, 6) is 0.490. The minimum absolute atomic E-state index is 0.0975. The van der Waals surface area contributed by atoms with Crippen LogP contribution in [0.2, 0.25) is 0 Å². The molecule has 0 fully saturated rings. The first-order chi connectivity index (χ1) is 8.88. The molecule has 0 saturated carbocycles. The summed E-state index contributed by atoms with van der Waals surface area (Å²) in [6, 6.07) is 7.65. The van der Waals surface area contributed by atoms with Crippen molar-refractivity contribution in [2.45, 2.75) is 33.2 Å². The molecule has 4 heteroatoms. The molecule has 0 aliphatic carbocycles. The molecule has 1 atom stereocenters. The van der Waals surface area contributed by atoms with Gasteiger partial charge in [0.25, 0.3) is 5.91 Å². The van der Waals surface area contributed by atoms with Crippen molar-refractivity contribution in [3.8, 4) is 6.07 Å². The van der Waals surface area contributed by atoms with E-state index >= 15 is 0 Å². The van der Waals surface area contributed by atoms with E-state index in [0.717, 1.165) is 5.56 Å². The number of rotatable bonds is 2. The van der Waals surface area contributed by atoms with E-state index in [0.29, 0.717) is 17.0 Å². The van der Waals surface area contributed by atoms with Crippen LogP contribution in [0.1, 0.15) is 37.5 Å². The molecule has 0 bridgehead atoms. The quantitative estimate of drug-likeness (QED) is 0.880. The molecule has 1 aliphatic rings. The van der Waals surface area contributed by atoms with Crippen molar-refractivity contribution >= 4 is 11.7 Å². The van der Waals surface area contributed by atoms with E-state index in [-0.39, 0.29) is 11.8 Å². The molecule has 1 N–H and O–H groups in total. The van der Waals surface area contributed by atoms with E-state index in [1.54, 1.807) is 6.07 Å². The Morgan fingerprint density at radius 1 is 1.42 bits per heavy atom. The van der Waals surface area contributed by atoms with Gasteiger partial charge in [0.2, 0.25) is 0 Å². The molecule has 4 nitrogen and oxygen atoms in total. The summed E-state index contributed by atoms with van der Waals surface area (Å²) < 4.78 is 0. The molecule has 1 aliphatic heterocycles. The summed E-state index contributed by atoms with van der Waals surface area (Å²) >= 11 is 0. The summed E-state index contributed by atoms with van der Waals surface area (Å²) in [4.78, 5) is 16.6. The molecule has 0 spiro atoms. The maximum absolute atomic E-state index is 12.1. The number of aliphatic imine (C=N–C) groups is 1. The second kappa shape index (κ2) is 4.51. The lowest BCUT2D eigenvalue weighted by atomic mass is 9.89. The summed E-state index contributed by atoms with van der Waals surface area (Å²) in [6.45, 7) is 7.70. The Labute approximate surface area is 113 Å². The van der Waals surface area contributed by atoms with Gasteiger partial charge < -0.3 is 5.32 Å². The van der Waals surface area contributed by atoms with Gasteiger partial charge in [0.05, 0.1) is 11.6 Å². The van der Waals surface area contributed by atoms with Crippen LogP contribution in [0.3, 0.4) is 0 Å². The van der Waals surface area contributed by atoms with Crippen LogP contribution in [0.5, 0.6) is 0 Å². The maximum Gasteiger partial charge on any atom is 0.253 e. The molecule has 0 aromatic heterocycles. The Morgan fingerprint density at radius 3 is 2.63 bits per heavy atom. The molecule has 1 unspecified atom stereocenters. The molecule has 1 heterocycles. The van der Waals surface area contributed by atoms with E-state index in [2.05, 4.69) is 16.4 Å². The lowest BCUT2D eigenvalue weighted by Crippen LogP contribution is -2.41. The third-order valence-electron chi connectivity index (χ3n) is 3.71. The van der Waals surface area contributed by atoms with Crippen molar-refractivity contribution in [2.75, 3.05) is 0 Å². The molecular formula is C15H17N3O. The molecule has 0 saturated heterocycles. The highest BCUT2D eigenvalue weighted by atomic mass is 16.2. The van der Waals surface area contributed by atoms with Crippen LogP contribution in [-0.4, -0.2) is 17.3 Å². The predicted octanol–water partition coefficient (Wildman–Crippen LogP) is 2.16. The molecule has 1 amide bonds. The van der Waals surface area contributed by atoms with Crippen LogP contribution < -0.4 is 5.32 Å². The highest BCUT2D eigenvalue weighted by Gasteiger charge is 2.42. The molecule has 1 aromatic rings. The van der Waals surface area contributed by atoms with E-state index in [4.69, 9.17) is 5.26 Å². The number of nitriles is 1. The molecule has 0 radical (unpaired) electrons. The molecule has 19 heavy (non-hydrogen) atoms. The number of nitrogens with one attached hydrogen (secondary N) is 1. The zero-order valence-corrected chi connectivity index (χ0v) is 11.6. The van der Waals surface area contributed by atoms with Gasteiger partial charge in [-0.05, 0) is 31.9 Å². The van der Waals surface area contributed by atoms with Gasteiger partial charge in [0.15, 0.2) is 0 Å². The minimum Gasteiger partial charge on any atom is -0.308 e. The summed E-state index contributed by atoms with van der Waals surface area (Å²) in [5, 5.41) is 12.0. The second-order valence-electron chi connectivity index (χ2n) is 5.38. The highest BCUT2D eigenvalue weighted by Crippen LogP contribution is 2.27. The lowest BCUT2D eigenvalue weighted by molar-refractivity contribution is -0.124. The first kappa shape index (κ1) is 13.3. The number of carbonyl (C=O) groups excluding carboxylic acids is 1. The Bertz CT molecular complexity index is 610. The predicted molar refractivity (Wildman–Crippen MR) is 73.8 cm³/mol. The monoisotopic (exact) mass is 255 g/mol. The van der Waals surface area contributed by atoms with Gasteiger partial charge in [0, 0.05) is 5.56 Å². The van der Waals surface area contributed by atoms with Gasteiger partial charge in [-0.15, -0.1) is 0 Å². The number of amides is 1. The van der Waals surface area contributed by atoms with Crippen molar-refractivity contribution in [1.82, 2.24) is 5.32 Å². The van der Waals surface area contributed by atoms with Crippen LogP contribution in [0.25, 0.3) is 0 Å². The number of nitrogens with zero attached hydrogens (tertiary/aromatic N) is 2. The Kier molecular flexibility index (Phi) is 3.15. The number of hydrogen-bond donors (Lipinski definition) is 1. The van der Waals surface area contributed by atoms with E-state index in [1.165, 1.54) is 0 Å². The van der Waals surface area contributed by atoms with Gasteiger partial charge >= 0.3 is 0 Å². The van der Waals surface area contributed by atoms with Crippen molar-refractivity contribution < 1.29 is 4.79 Å². The lowest BCUT2D eigenvalue weighted by Gasteiger charge is -2.21. The Morgan fingerprint density at radius 2 is 2.11 bits per heavy atom. The SMILES string of the molecule is Cc1ccc(C#N)c(C2=NC(C)(C(C)C)C(=O)N2)c1. The molecular weight excluding hydrogens is 238 g/mol. The number of carbonyl (C=O) groups is 1. The third-order valence-corrected chi connectivity index (χ3v) is 3.71. The molecule has 1 aromatic carbocycles. The first-order valence-electron chi connectivity index (χ1n) is 6.31. The smallest absolute Gasteiger partial charge is 0.253 e. The first-order valence-corrected chi connectivity index (χ1v) is 6.31. The zero-order chi connectivity index (χ0) is 14.2. The average molecular weight is 255 g/mol. The number of aryl methyl sites for hydroxylation is 1. The average Bonchev–Trinajstić information content (AvgIpc) is 2.67. The summed E-state index contributed by atoms with van der Waals surface area (Å²) in [6.07, 6.45) is 0. The van der Waals surface area contributed by atoms with Crippen molar-refractivity contribution in [3.05, 3.63) is 34.9 Å². The zero-order valence-electron chi connectivity index (χ0n) is 11.6. The Hall–Kier alpha value is -2.15. The highest BCUT2D eigenvalue weighted by molar-refractivity contribution is 6.16. The van der Waals surface area contributed by atoms with Gasteiger partial charge in [0.1, 0.15) is 11.4 Å². The fourth-order valence-corrected chi connectivity index (χ4v) is 2.02. The van der Waals surface area contributed by atoms with Crippen LogP contribution in [0.4, 0.5) is 0 Å². The number of hydrogen-bond acceptors (Lipinski definition) is 3. The van der Waals surface area contributed by atoms with E-state index < -0.39 is 5.54 Å². The largest absolute Gasteiger partial charge is 0.308 e. The summed E-state index contributed by atoms with van der Waals surface area (Å²) in [5.41, 5.74) is 1.49. The standard InChI is InChI=1S/C15H17N3O/c1-9(2)15(4)14(19)17-13(18-15)12-7-10(3)5-6-11(12)8-16/h5-7,9H,1-4H3,(H,17,18,19). The van der Waals surface area contributed by atoms with Gasteiger partial charge in [-0.25, -0.2) is 0 Å². The van der Waals surface area contributed by atoms with E-state index in [9.17, 15) is 4.79 Å². The number of benzene rings is 1.